The van der Waals surface area contributed by atoms with Crippen LogP contribution >= 0.6 is 0 Å². The first-order valence-corrected chi connectivity index (χ1v) is 6.49. The number of hydrogen-bond acceptors (Lipinski definition) is 2. The fraction of sp³-hybridized carbons (Fsp3) is 0.615. The van der Waals surface area contributed by atoms with Crippen LogP contribution in [0.2, 0.25) is 0 Å². The van der Waals surface area contributed by atoms with Gasteiger partial charge in [-0.1, -0.05) is 0 Å². The summed E-state index contributed by atoms with van der Waals surface area (Å²) in [5.74, 6) is 2.57. The van der Waals surface area contributed by atoms with Crippen LogP contribution in [-0.2, 0) is 9.47 Å². The average Bonchev–Trinajstić information content (AvgIpc) is 2.22. The number of methoxy groups -OCH3 is 1. The molecule has 0 amide bonds. The summed E-state index contributed by atoms with van der Waals surface area (Å²) in [6.07, 6.45) is 4.25. The van der Waals surface area contributed by atoms with Crippen molar-refractivity contribution in [3.63, 3.8) is 0 Å². The molecule has 1 unspecified atom stereocenters. The van der Waals surface area contributed by atoms with Crippen LogP contribution in [0, 0.1) is 5.92 Å². The molecule has 1 heterocycles. The molecule has 2 nitrogen and oxygen atoms in total. The van der Waals surface area contributed by atoms with Gasteiger partial charge in [-0.15, -0.1) is 0 Å². The van der Waals surface area contributed by atoms with E-state index in [0.29, 0.717) is 5.92 Å². The monoisotopic (exact) mass is 286 g/mol. The van der Waals surface area contributed by atoms with Crippen LogP contribution in [0.15, 0.2) is 23.2 Å². The van der Waals surface area contributed by atoms with Gasteiger partial charge in [-0.3, -0.25) is 0 Å². The van der Waals surface area contributed by atoms with Gasteiger partial charge in [-0.05, 0) is 0 Å². The van der Waals surface area contributed by atoms with E-state index in [0.717, 1.165) is 29.9 Å². The fourth-order valence-electron chi connectivity index (χ4n) is 2.31. The molecule has 1 fully saturated rings. The summed E-state index contributed by atoms with van der Waals surface area (Å²) in [5, 5.41) is 0. The Morgan fingerprint density at radius 2 is 2.19 bits per heavy atom. The van der Waals surface area contributed by atoms with Gasteiger partial charge in [0, 0.05) is 0 Å². The zero-order chi connectivity index (χ0) is 11.9. The minimum absolute atomic E-state index is 0.191. The zero-order valence-corrected chi connectivity index (χ0v) is 12.0. The molecule has 0 spiro atoms. The summed E-state index contributed by atoms with van der Waals surface area (Å²) in [7, 11) is 1.72. The van der Waals surface area contributed by atoms with Crippen LogP contribution < -0.4 is 0 Å². The van der Waals surface area contributed by atoms with Gasteiger partial charge in [-0.2, -0.15) is 0 Å². The van der Waals surface area contributed by atoms with Crippen molar-refractivity contribution >= 4 is 20.0 Å². The molecule has 1 saturated heterocycles. The predicted molar refractivity (Wildman–Crippen MR) is 66.4 cm³/mol. The average molecular weight is 285 g/mol. The third-order valence-electron chi connectivity index (χ3n) is 3.39. The molecule has 0 N–H and O–H groups in total. The molecule has 0 radical (unpaired) electrons. The first-order chi connectivity index (χ1) is 7.45. The van der Waals surface area contributed by atoms with E-state index < -0.39 is 0 Å². The molecular formula is C13H18O2Se. The number of ether oxygens (including phenoxy) is 2. The molecule has 0 aromatic rings. The topological polar surface area (TPSA) is 18.5 Å². The molecule has 1 atom stereocenters. The van der Waals surface area contributed by atoms with Crippen molar-refractivity contribution in [1.29, 1.82) is 0 Å². The van der Waals surface area contributed by atoms with Gasteiger partial charge in [0.1, 0.15) is 0 Å². The number of allylic oxidation sites excluding steroid dienone is 3. The van der Waals surface area contributed by atoms with Gasteiger partial charge in [0.05, 0.1) is 0 Å². The summed E-state index contributed by atoms with van der Waals surface area (Å²) in [6, 6.07) is 0. The first-order valence-electron chi connectivity index (χ1n) is 5.63. The first kappa shape index (κ1) is 11.9. The Bertz CT molecular complexity index is 391. The molecule has 2 aliphatic rings. The van der Waals surface area contributed by atoms with Crippen molar-refractivity contribution in [2.75, 3.05) is 7.11 Å². The molecule has 88 valence electrons. The van der Waals surface area contributed by atoms with Crippen LogP contribution in [0.5, 0.6) is 0 Å². The van der Waals surface area contributed by atoms with Crippen LogP contribution in [-0.4, -0.2) is 32.7 Å². The molecule has 2 rings (SSSR count). The van der Waals surface area contributed by atoms with Gasteiger partial charge in [0.15, 0.2) is 0 Å². The Labute approximate surface area is 105 Å². The van der Waals surface area contributed by atoms with Crippen molar-refractivity contribution in [3.05, 3.63) is 23.2 Å². The summed E-state index contributed by atoms with van der Waals surface area (Å²) in [4.78, 5) is 0. The van der Waals surface area contributed by atoms with Gasteiger partial charge in [-0.25, -0.2) is 0 Å². The van der Waals surface area contributed by atoms with Crippen LogP contribution in [0.3, 0.4) is 0 Å². The number of rotatable bonds is 1. The van der Waals surface area contributed by atoms with Crippen LogP contribution in [0.1, 0.15) is 33.6 Å². The summed E-state index contributed by atoms with van der Waals surface area (Å²) >= 11 is 3.16. The third-order valence-corrected chi connectivity index (χ3v) is 4.77. The Morgan fingerprint density at radius 1 is 1.50 bits per heavy atom. The standard InChI is InChI=1S/C13H18O2Se/c1-8-10(14-4)6-5-9-7-11(16)13(2,3)15-12(8)9/h6,9H,5,7H2,1-4H3. The summed E-state index contributed by atoms with van der Waals surface area (Å²) < 4.78 is 12.8. The van der Waals surface area contributed by atoms with Crippen LogP contribution in [0.25, 0.3) is 0 Å². The molecule has 0 aromatic carbocycles. The van der Waals surface area contributed by atoms with E-state index in [1.54, 1.807) is 7.11 Å². The molecular weight excluding hydrogens is 267 g/mol. The SMILES string of the molecule is COC1=CCC2CC(=[Se])C(C)(C)OC2=C1C. The number of hydrogen-bond donors (Lipinski definition) is 0. The Morgan fingerprint density at radius 3 is 2.81 bits per heavy atom. The quantitative estimate of drug-likeness (QED) is 0.689. The minimum atomic E-state index is -0.191. The zero-order valence-electron chi connectivity index (χ0n) is 10.3. The molecule has 1 aliphatic carbocycles. The second kappa shape index (κ2) is 4.05. The molecule has 0 bridgehead atoms. The van der Waals surface area contributed by atoms with Gasteiger partial charge in [0.25, 0.3) is 0 Å². The Kier molecular flexibility index (Phi) is 3.02. The predicted octanol–water partition coefficient (Wildman–Crippen LogP) is 2.35. The Balaban J connectivity index is 2.35. The second-order valence-corrected chi connectivity index (χ2v) is 5.97. The summed E-state index contributed by atoms with van der Waals surface area (Å²) in [6.45, 7) is 6.30. The van der Waals surface area contributed by atoms with Gasteiger partial charge < -0.3 is 0 Å². The van der Waals surface area contributed by atoms with Crippen molar-refractivity contribution in [2.45, 2.75) is 39.2 Å². The molecule has 0 aromatic heterocycles. The van der Waals surface area contributed by atoms with Crippen molar-refractivity contribution < 1.29 is 9.47 Å². The van der Waals surface area contributed by atoms with Crippen molar-refractivity contribution in [1.82, 2.24) is 0 Å². The Hall–Kier alpha value is -0.531. The van der Waals surface area contributed by atoms with E-state index in [4.69, 9.17) is 9.47 Å². The van der Waals surface area contributed by atoms with Crippen molar-refractivity contribution in [2.24, 2.45) is 5.92 Å². The number of fused-ring (bicyclic) bond motifs is 1. The normalized spacial score (nSPS) is 28.1. The van der Waals surface area contributed by atoms with E-state index in [-0.39, 0.29) is 5.60 Å². The molecule has 1 aliphatic heterocycles. The van der Waals surface area contributed by atoms with Crippen LogP contribution in [0.4, 0.5) is 0 Å². The van der Waals surface area contributed by atoms with Gasteiger partial charge in [0.2, 0.25) is 0 Å². The van der Waals surface area contributed by atoms with E-state index in [9.17, 15) is 0 Å². The van der Waals surface area contributed by atoms with E-state index in [1.165, 1.54) is 4.42 Å². The van der Waals surface area contributed by atoms with Gasteiger partial charge >= 0.3 is 105 Å². The van der Waals surface area contributed by atoms with E-state index in [2.05, 4.69) is 42.4 Å². The molecule has 0 saturated carbocycles. The van der Waals surface area contributed by atoms with E-state index in [1.807, 2.05) is 0 Å². The molecule has 3 heteroatoms. The maximum atomic E-state index is 6.12. The maximum absolute atomic E-state index is 6.12. The fourth-order valence-corrected chi connectivity index (χ4v) is 2.82. The van der Waals surface area contributed by atoms with Crippen molar-refractivity contribution in [3.8, 4) is 0 Å². The summed E-state index contributed by atoms with van der Waals surface area (Å²) in [5.41, 5.74) is 0.961. The molecule has 16 heavy (non-hydrogen) atoms. The third kappa shape index (κ3) is 1.87. The van der Waals surface area contributed by atoms with E-state index >= 15 is 0 Å². The second-order valence-electron chi connectivity index (χ2n) is 4.93.